The molecule has 8 aromatic rings. The molecule has 218 valence electrons. The summed E-state index contributed by atoms with van der Waals surface area (Å²) >= 11 is 0. The number of fused-ring (bicyclic) bond motifs is 6. The molecule has 3 heteroatoms. The van der Waals surface area contributed by atoms with E-state index < -0.39 is 0 Å². The van der Waals surface area contributed by atoms with E-state index in [1.807, 2.05) is 24.4 Å². The Morgan fingerprint density at radius 3 is 2.20 bits per heavy atom. The van der Waals surface area contributed by atoms with E-state index in [4.69, 9.17) is 9.40 Å². The maximum Gasteiger partial charge on any atom is 0.146 e. The molecule has 0 aliphatic heterocycles. The second kappa shape index (κ2) is 10.9. The molecule has 0 atom stereocenters. The summed E-state index contributed by atoms with van der Waals surface area (Å²) in [7, 11) is 0. The smallest absolute Gasteiger partial charge is 0.146 e. The van der Waals surface area contributed by atoms with Crippen LogP contribution in [0, 0.1) is 0 Å². The first-order valence-corrected chi connectivity index (χ1v) is 15.8. The van der Waals surface area contributed by atoms with Crippen LogP contribution in [-0.2, 0) is 0 Å². The number of rotatable bonds is 5. The second-order valence-electron chi connectivity index (χ2n) is 11.9. The third-order valence-corrected chi connectivity index (χ3v) is 9.22. The SMILES string of the molecule is C1=C(c2ccccc2)CCC(N(c2cccc(-c3cccc4ccccc34)c2)c2ccc3c(c2)oc2c4ccccc4ncc32)=C1. The van der Waals surface area contributed by atoms with Gasteiger partial charge in [-0.3, -0.25) is 4.98 Å². The van der Waals surface area contributed by atoms with Crippen molar-refractivity contribution in [2.75, 3.05) is 4.90 Å². The first kappa shape index (κ1) is 26.5. The number of hydrogen-bond donors (Lipinski definition) is 0. The zero-order valence-electron chi connectivity index (χ0n) is 25.2. The first-order valence-electron chi connectivity index (χ1n) is 15.8. The van der Waals surface area contributed by atoms with Gasteiger partial charge in [0.2, 0.25) is 0 Å². The lowest BCUT2D eigenvalue weighted by Crippen LogP contribution is -2.18. The van der Waals surface area contributed by atoms with Crippen molar-refractivity contribution < 1.29 is 4.42 Å². The normalized spacial score (nSPS) is 13.3. The predicted octanol–water partition coefficient (Wildman–Crippen LogP) is 11.9. The number of para-hydroxylation sites is 1. The average Bonchev–Trinajstić information content (AvgIpc) is 3.51. The van der Waals surface area contributed by atoms with Gasteiger partial charge in [0.25, 0.3) is 0 Å². The van der Waals surface area contributed by atoms with Crippen LogP contribution in [0.1, 0.15) is 18.4 Å². The lowest BCUT2D eigenvalue weighted by Gasteiger charge is -2.30. The molecule has 9 rings (SSSR count). The molecular formula is C43H30N2O. The van der Waals surface area contributed by atoms with Crippen molar-refractivity contribution in [1.82, 2.24) is 4.98 Å². The molecule has 0 saturated heterocycles. The molecule has 0 spiro atoms. The van der Waals surface area contributed by atoms with E-state index in [-0.39, 0.29) is 0 Å². The lowest BCUT2D eigenvalue weighted by molar-refractivity contribution is 0.672. The Hall–Kier alpha value is -5.93. The maximum absolute atomic E-state index is 6.60. The summed E-state index contributed by atoms with van der Waals surface area (Å²) in [4.78, 5) is 7.12. The highest BCUT2D eigenvalue weighted by Gasteiger charge is 2.21. The molecule has 0 saturated carbocycles. The van der Waals surface area contributed by atoms with Crippen molar-refractivity contribution in [2.24, 2.45) is 0 Å². The van der Waals surface area contributed by atoms with Gasteiger partial charge in [0, 0.05) is 45.5 Å². The van der Waals surface area contributed by atoms with Gasteiger partial charge in [0.1, 0.15) is 11.2 Å². The summed E-state index contributed by atoms with van der Waals surface area (Å²) in [5, 5.41) is 5.65. The van der Waals surface area contributed by atoms with E-state index >= 15 is 0 Å². The Morgan fingerprint density at radius 1 is 0.543 bits per heavy atom. The van der Waals surface area contributed by atoms with Gasteiger partial charge in [-0.05, 0) is 88.4 Å². The maximum atomic E-state index is 6.60. The molecule has 0 bridgehead atoms. The van der Waals surface area contributed by atoms with Crippen LogP contribution in [0.15, 0.2) is 168 Å². The van der Waals surface area contributed by atoms with Gasteiger partial charge < -0.3 is 9.32 Å². The quantitative estimate of drug-likeness (QED) is 0.200. The molecule has 0 amide bonds. The van der Waals surface area contributed by atoms with Crippen LogP contribution < -0.4 is 4.90 Å². The molecular weight excluding hydrogens is 560 g/mol. The van der Waals surface area contributed by atoms with Gasteiger partial charge >= 0.3 is 0 Å². The lowest BCUT2D eigenvalue weighted by atomic mass is 9.94. The van der Waals surface area contributed by atoms with Gasteiger partial charge in [-0.15, -0.1) is 0 Å². The van der Waals surface area contributed by atoms with Crippen molar-refractivity contribution in [1.29, 1.82) is 0 Å². The van der Waals surface area contributed by atoms with Crippen molar-refractivity contribution in [3.63, 3.8) is 0 Å². The molecule has 0 unspecified atom stereocenters. The largest absolute Gasteiger partial charge is 0.455 e. The average molecular weight is 591 g/mol. The molecule has 2 heterocycles. The van der Waals surface area contributed by atoms with Gasteiger partial charge in [0.15, 0.2) is 0 Å². The minimum absolute atomic E-state index is 0.859. The van der Waals surface area contributed by atoms with Crippen LogP contribution in [-0.4, -0.2) is 4.98 Å². The molecule has 6 aromatic carbocycles. The Balaban J connectivity index is 1.21. The van der Waals surface area contributed by atoms with Gasteiger partial charge in [-0.2, -0.15) is 0 Å². The number of aromatic nitrogens is 1. The number of allylic oxidation sites excluding steroid dienone is 4. The molecule has 1 aliphatic carbocycles. The molecule has 46 heavy (non-hydrogen) atoms. The third kappa shape index (κ3) is 4.48. The van der Waals surface area contributed by atoms with E-state index in [0.29, 0.717) is 0 Å². The van der Waals surface area contributed by atoms with E-state index in [9.17, 15) is 0 Å². The Morgan fingerprint density at radius 2 is 1.30 bits per heavy atom. The molecule has 1 aliphatic rings. The van der Waals surface area contributed by atoms with Crippen LogP contribution >= 0.6 is 0 Å². The summed E-state index contributed by atoms with van der Waals surface area (Å²) in [6.45, 7) is 0. The first-order chi connectivity index (χ1) is 22.8. The van der Waals surface area contributed by atoms with Crippen LogP contribution in [0.5, 0.6) is 0 Å². The fraction of sp³-hybridized carbons (Fsp3) is 0.0465. The van der Waals surface area contributed by atoms with E-state index in [0.717, 1.165) is 57.1 Å². The number of hydrogen-bond acceptors (Lipinski definition) is 3. The van der Waals surface area contributed by atoms with E-state index in [2.05, 4.69) is 138 Å². The highest BCUT2D eigenvalue weighted by molar-refractivity contribution is 6.14. The second-order valence-corrected chi connectivity index (χ2v) is 11.9. The molecule has 0 N–H and O–H groups in total. The number of furan rings is 1. The summed E-state index contributed by atoms with van der Waals surface area (Å²) < 4.78 is 6.60. The van der Waals surface area contributed by atoms with Crippen molar-refractivity contribution >= 4 is 60.6 Å². The van der Waals surface area contributed by atoms with Crippen molar-refractivity contribution in [2.45, 2.75) is 12.8 Å². The summed E-state index contributed by atoms with van der Waals surface area (Å²) in [5.41, 5.74) is 11.2. The number of anilines is 2. The predicted molar refractivity (Wildman–Crippen MR) is 192 cm³/mol. The van der Waals surface area contributed by atoms with Gasteiger partial charge in [0.05, 0.1) is 5.52 Å². The topological polar surface area (TPSA) is 29.3 Å². The fourth-order valence-electron chi connectivity index (χ4n) is 6.96. The minimum atomic E-state index is 0.859. The summed E-state index contributed by atoms with van der Waals surface area (Å²) in [6, 6.07) is 49.5. The molecule has 0 radical (unpaired) electrons. The standard InChI is InChI=1S/C43H30N2O/c1-2-10-29(11-3-1)30-20-22-33(23-21-30)45(34-15-8-14-32(26-34)37-18-9-13-31-12-4-5-16-36(31)37)35-24-25-38-40-28-44-41-19-7-6-17-39(41)43(40)46-42(38)27-35/h1-20,22,24-28H,21,23H2. The van der Waals surface area contributed by atoms with Crippen LogP contribution in [0.2, 0.25) is 0 Å². The van der Waals surface area contributed by atoms with E-state index in [1.54, 1.807) is 0 Å². The summed E-state index contributed by atoms with van der Waals surface area (Å²) in [6.07, 6.45) is 8.41. The number of nitrogens with zero attached hydrogens (tertiary/aromatic N) is 2. The number of benzene rings is 6. The van der Waals surface area contributed by atoms with Gasteiger partial charge in [-0.25, -0.2) is 0 Å². The summed E-state index contributed by atoms with van der Waals surface area (Å²) in [5.74, 6) is 0. The van der Waals surface area contributed by atoms with Gasteiger partial charge in [-0.1, -0.05) is 103 Å². The zero-order valence-corrected chi connectivity index (χ0v) is 25.2. The Bertz CT molecular complexity index is 2480. The number of pyridine rings is 1. The van der Waals surface area contributed by atoms with Crippen molar-refractivity contribution in [3.8, 4) is 11.1 Å². The minimum Gasteiger partial charge on any atom is -0.455 e. The van der Waals surface area contributed by atoms with Crippen LogP contribution in [0.3, 0.4) is 0 Å². The zero-order chi connectivity index (χ0) is 30.5. The van der Waals surface area contributed by atoms with Crippen LogP contribution in [0.4, 0.5) is 11.4 Å². The van der Waals surface area contributed by atoms with E-state index in [1.165, 1.54) is 38.7 Å². The van der Waals surface area contributed by atoms with Crippen LogP contribution in [0.25, 0.3) is 60.3 Å². The molecule has 2 aromatic heterocycles. The Kier molecular flexibility index (Phi) is 6.27. The highest BCUT2D eigenvalue weighted by Crippen LogP contribution is 2.41. The fourth-order valence-corrected chi connectivity index (χ4v) is 6.96. The highest BCUT2D eigenvalue weighted by atomic mass is 16.3. The Labute approximate surface area is 267 Å². The third-order valence-electron chi connectivity index (χ3n) is 9.22. The molecule has 0 fully saturated rings. The molecule has 3 nitrogen and oxygen atoms in total. The van der Waals surface area contributed by atoms with Crippen molar-refractivity contribution in [3.05, 3.63) is 169 Å². The monoisotopic (exact) mass is 590 g/mol.